The third kappa shape index (κ3) is 2.89. The quantitative estimate of drug-likeness (QED) is 0.572. The number of aryl methyl sites for hydroxylation is 2. The van der Waals surface area contributed by atoms with Crippen LogP contribution in [0.2, 0.25) is 0 Å². The Hall–Kier alpha value is -2.74. The van der Waals surface area contributed by atoms with Crippen LogP contribution < -0.4 is 5.32 Å². The van der Waals surface area contributed by atoms with Gasteiger partial charge in [0.2, 0.25) is 0 Å². The first-order valence-corrected chi connectivity index (χ1v) is 8.58. The number of halogens is 1. The summed E-state index contributed by atoms with van der Waals surface area (Å²) in [6.07, 6.45) is 3.56. The van der Waals surface area contributed by atoms with Gasteiger partial charge in [-0.3, -0.25) is 4.68 Å². The van der Waals surface area contributed by atoms with Crippen molar-refractivity contribution in [3.8, 4) is 11.3 Å². The minimum Gasteiger partial charge on any atom is -0.365 e. The van der Waals surface area contributed by atoms with E-state index >= 15 is 0 Å². The summed E-state index contributed by atoms with van der Waals surface area (Å²) >= 11 is 3.48. The zero-order valence-corrected chi connectivity index (χ0v) is 15.4. The van der Waals surface area contributed by atoms with Crippen LogP contribution in [0.1, 0.15) is 5.56 Å². The van der Waals surface area contributed by atoms with Crippen LogP contribution in [0.5, 0.6) is 0 Å². The van der Waals surface area contributed by atoms with Gasteiger partial charge in [-0.15, -0.1) is 0 Å². The number of rotatable bonds is 4. The summed E-state index contributed by atoms with van der Waals surface area (Å²) in [6, 6.07) is 10.2. The van der Waals surface area contributed by atoms with Crippen LogP contribution >= 0.6 is 15.9 Å². The van der Waals surface area contributed by atoms with Gasteiger partial charge in [0.15, 0.2) is 5.65 Å². The topological polar surface area (TPSA) is 73.5 Å². The molecular formula is C17H16BrN7. The van der Waals surface area contributed by atoms with E-state index in [1.807, 2.05) is 43.2 Å². The second-order valence-corrected chi connectivity index (χ2v) is 6.48. The third-order valence-corrected chi connectivity index (χ3v) is 4.53. The first kappa shape index (κ1) is 15.8. The van der Waals surface area contributed by atoms with E-state index < -0.39 is 0 Å². The van der Waals surface area contributed by atoms with Gasteiger partial charge in [0.1, 0.15) is 16.7 Å². The number of hydrogen-bond donors (Lipinski definition) is 1. The SMILES string of the molecule is Cn1cc(CNc2ncnc3c2c(Br)nn3C)c(-c2ccccc2)n1. The average Bonchev–Trinajstić information content (AvgIpc) is 3.14. The van der Waals surface area contributed by atoms with Crippen molar-refractivity contribution in [3.05, 3.63) is 53.0 Å². The van der Waals surface area contributed by atoms with Gasteiger partial charge in [-0.1, -0.05) is 30.3 Å². The van der Waals surface area contributed by atoms with Crippen molar-refractivity contribution in [2.75, 3.05) is 5.32 Å². The van der Waals surface area contributed by atoms with Gasteiger partial charge in [0.05, 0.1) is 11.1 Å². The van der Waals surface area contributed by atoms with Crippen molar-refractivity contribution in [1.29, 1.82) is 0 Å². The fourth-order valence-corrected chi connectivity index (χ4v) is 3.46. The van der Waals surface area contributed by atoms with Crippen molar-refractivity contribution in [1.82, 2.24) is 29.5 Å². The van der Waals surface area contributed by atoms with Crippen LogP contribution in [0, 0.1) is 0 Å². The summed E-state index contributed by atoms with van der Waals surface area (Å²) in [7, 11) is 3.79. The van der Waals surface area contributed by atoms with Crippen molar-refractivity contribution < 1.29 is 0 Å². The van der Waals surface area contributed by atoms with Gasteiger partial charge in [-0.25, -0.2) is 14.6 Å². The minimum absolute atomic E-state index is 0.603. The molecule has 3 heterocycles. The molecule has 0 aliphatic heterocycles. The van der Waals surface area contributed by atoms with E-state index in [1.165, 1.54) is 0 Å². The highest BCUT2D eigenvalue weighted by Crippen LogP contribution is 2.28. The molecule has 0 fully saturated rings. The van der Waals surface area contributed by atoms with Crippen LogP contribution in [0.3, 0.4) is 0 Å². The summed E-state index contributed by atoms with van der Waals surface area (Å²) in [5, 5.41) is 13.2. The zero-order valence-electron chi connectivity index (χ0n) is 13.8. The van der Waals surface area contributed by atoms with Crippen molar-refractivity contribution >= 4 is 32.8 Å². The predicted molar refractivity (Wildman–Crippen MR) is 100.0 cm³/mol. The number of nitrogens with zero attached hydrogens (tertiary/aromatic N) is 6. The Labute approximate surface area is 152 Å². The second kappa shape index (κ2) is 6.29. The highest BCUT2D eigenvalue weighted by atomic mass is 79.9. The first-order chi connectivity index (χ1) is 12.1. The average molecular weight is 398 g/mol. The third-order valence-electron chi connectivity index (χ3n) is 3.98. The number of fused-ring (bicyclic) bond motifs is 1. The molecule has 25 heavy (non-hydrogen) atoms. The maximum Gasteiger partial charge on any atom is 0.164 e. The lowest BCUT2D eigenvalue weighted by Gasteiger charge is -2.07. The Morgan fingerprint density at radius 3 is 2.68 bits per heavy atom. The molecule has 0 saturated heterocycles. The molecule has 1 N–H and O–H groups in total. The lowest BCUT2D eigenvalue weighted by molar-refractivity contribution is 0.770. The Balaban J connectivity index is 1.67. The van der Waals surface area contributed by atoms with Crippen LogP contribution in [-0.4, -0.2) is 29.5 Å². The molecule has 8 heteroatoms. The molecule has 0 radical (unpaired) electrons. The van der Waals surface area contributed by atoms with Gasteiger partial charge in [-0.05, 0) is 15.9 Å². The van der Waals surface area contributed by atoms with Crippen LogP contribution in [-0.2, 0) is 20.6 Å². The molecule has 0 unspecified atom stereocenters. The highest BCUT2D eigenvalue weighted by Gasteiger charge is 2.15. The second-order valence-electron chi connectivity index (χ2n) is 5.73. The summed E-state index contributed by atoms with van der Waals surface area (Å²) in [5.41, 5.74) is 3.93. The molecule has 1 aromatic carbocycles. The lowest BCUT2D eigenvalue weighted by Crippen LogP contribution is -2.03. The Kier molecular flexibility index (Phi) is 3.96. The zero-order chi connectivity index (χ0) is 17.4. The molecule has 0 atom stereocenters. The number of benzene rings is 1. The molecule has 0 aliphatic rings. The van der Waals surface area contributed by atoms with Crippen LogP contribution in [0.25, 0.3) is 22.3 Å². The van der Waals surface area contributed by atoms with Crippen molar-refractivity contribution in [2.45, 2.75) is 6.54 Å². The molecule has 4 rings (SSSR count). The van der Waals surface area contributed by atoms with E-state index in [2.05, 4.69) is 53.5 Å². The molecule has 0 spiro atoms. The molecule has 126 valence electrons. The van der Waals surface area contributed by atoms with Crippen LogP contribution in [0.4, 0.5) is 5.82 Å². The normalized spacial score (nSPS) is 11.2. The number of hydrogen-bond acceptors (Lipinski definition) is 5. The molecule has 0 aliphatic carbocycles. The number of aromatic nitrogens is 6. The Morgan fingerprint density at radius 2 is 1.88 bits per heavy atom. The van der Waals surface area contributed by atoms with Crippen LogP contribution in [0.15, 0.2) is 47.5 Å². The first-order valence-electron chi connectivity index (χ1n) is 7.78. The van der Waals surface area contributed by atoms with Gasteiger partial charge < -0.3 is 5.32 Å². The number of nitrogens with one attached hydrogen (secondary N) is 1. The monoisotopic (exact) mass is 397 g/mol. The maximum atomic E-state index is 4.60. The lowest BCUT2D eigenvalue weighted by atomic mass is 10.1. The fourth-order valence-electron chi connectivity index (χ4n) is 2.86. The summed E-state index contributed by atoms with van der Waals surface area (Å²) in [4.78, 5) is 8.66. The van der Waals surface area contributed by atoms with Gasteiger partial charge in [0, 0.05) is 38.0 Å². The summed E-state index contributed by atoms with van der Waals surface area (Å²) < 4.78 is 4.28. The predicted octanol–water partition coefficient (Wildman–Crippen LogP) is 3.14. The standard InChI is InChI=1S/C17H16BrN7/c1-24-9-12(14(22-24)11-6-4-3-5-7-11)8-19-16-13-15(18)23-25(2)17(13)21-10-20-16/h3-7,9-10H,8H2,1-2H3,(H,19,20,21). The van der Waals surface area contributed by atoms with Gasteiger partial charge in [0.25, 0.3) is 0 Å². The van der Waals surface area contributed by atoms with E-state index in [9.17, 15) is 0 Å². The molecule has 4 aromatic rings. The van der Waals surface area contributed by atoms with E-state index in [0.717, 1.165) is 38.3 Å². The fraction of sp³-hybridized carbons (Fsp3) is 0.176. The van der Waals surface area contributed by atoms with Crippen molar-refractivity contribution in [2.24, 2.45) is 14.1 Å². The highest BCUT2D eigenvalue weighted by molar-refractivity contribution is 9.10. The number of anilines is 1. The molecular weight excluding hydrogens is 382 g/mol. The maximum absolute atomic E-state index is 4.60. The van der Waals surface area contributed by atoms with E-state index in [0.29, 0.717) is 6.54 Å². The van der Waals surface area contributed by atoms with Gasteiger partial charge in [-0.2, -0.15) is 10.2 Å². The molecule has 7 nitrogen and oxygen atoms in total. The Morgan fingerprint density at radius 1 is 1.08 bits per heavy atom. The molecule has 0 bridgehead atoms. The largest absolute Gasteiger partial charge is 0.365 e. The van der Waals surface area contributed by atoms with Crippen molar-refractivity contribution in [3.63, 3.8) is 0 Å². The molecule has 0 saturated carbocycles. The van der Waals surface area contributed by atoms with E-state index in [4.69, 9.17) is 0 Å². The molecule has 3 aromatic heterocycles. The van der Waals surface area contributed by atoms with E-state index in [1.54, 1.807) is 11.0 Å². The van der Waals surface area contributed by atoms with E-state index in [-0.39, 0.29) is 0 Å². The summed E-state index contributed by atoms with van der Waals surface area (Å²) in [6.45, 7) is 0.603. The summed E-state index contributed by atoms with van der Waals surface area (Å²) in [5.74, 6) is 0.743. The van der Waals surface area contributed by atoms with Gasteiger partial charge >= 0.3 is 0 Å². The smallest absolute Gasteiger partial charge is 0.164 e. The molecule has 0 amide bonds. The minimum atomic E-state index is 0.603. The Bertz CT molecular complexity index is 1040.